The summed E-state index contributed by atoms with van der Waals surface area (Å²) in [7, 11) is -2.58. The first-order chi connectivity index (χ1) is 9.15. The van der Waals surface area contributed by atoms with Gasteiger partial charge in [0.15, 0.2) is 14.6 Å². The highest BCUT2D eigenvalue weighted by atomic mass is 32.2. The average molecular weight is 297 g/mol. The van der Waals surface area contributed by atoms with E-state index in [2.05, 4.69) is 0 Å². The molecule has 7 heteroatoms. The number of aliphatic carboxylic acids is 1. The highest BCUT2D eigenvalue weighted by Crippen LogP contribution is 2.27. The Morgan fingerprint density at radius 2 is 2.05 bits per heavy atom. The van der Waals surface area contributed by atoms with Gasteiger partial charge in [-0.3, -0.25) is 4.79 Å². The minimum atomic E-state index is -3.96. The van der Waals surface area contributed by atoms with Gasteiger partial charge in [-0.15, -0.1) is 0 Å². The second-order valence-corrected chi connectivity index (χ2v) is 7.25. The molecule has 1 aromatic carbocycles. The van der Waals surface area contributed by atoms with Crippen molar-refractivity contribution < 1.29 is 23.1 Å². The third-order valence-electron chi connectivity index (χ3n) is 3.05. The molecule has 0 spiro atoms. The van der Waals surface area contributed by atoms with Gasteiger partial charge in [0.05, 0.1) is 24.5 Å². The number of sulfone groups is 1. The normalized spacial score (nSPS) is 11.7. The minimum absolute atomic E-state index is 0.265. The van der Waals surface area contributed by atoms with Gasteiger partial charge in [0, 0.05) is 5.56 Å². The molecule has 20 heavy (non-hydrogen) atoms. The number of methoxy groups -OCH3 is 1. The molecular weight excluding hydrogens is 282 g/mol. The number of carboxylic acid groups (broad SMARTS) is 1. The molecule has 0 radical (unpaired) electrons. The van der Waals surface area contributed by atoms with E-state index in [0.29, 0.717) is 5.75 Å². The molecule has 0 unspecified atom stereocenters. The van der Waals surface area contributed by atoms with Crippen molar-refractivity contribution in [1.82, 2.24) is 0 Å². The van der Waals surface area contributed by atoms with Crippen molar-refractivity contribution in [3.63, 3.8) is 0 Å². The summed E-state index contributed by atoms with van der Waals surface area (Å²) in [5, 5.41) is 17.9. The second-order valence-electron chi connectivity index (χ2n) is 4.71. The molecule has 0 saturated carbocycles. The minimum Gasteiger partial charge on any atom is -0.496 e. The molecular formula is C13H15NO5S. The zero-order valence-corrected chi connectivity index (χ0v) is 12.2. The number of ether oxygens (including phenoxy) is 1. The summed E-state index contributed by atoms with van der Waals surface area (Å²) in [6.45, 7) is 2.26. The third-order valence-corrected chi connectivity index (χ3v) is 5.47. The van der Waals surface area contributed by atoms with Crippen LogP contribution in [0.25, 0.3) is 0 Å². The van der Waals surface area contributed by atoms with Crippen molar-refractivity contribution in [3.05, 3.63) is 29.3 Å². The van der Waals surface area contributed by atoms with Crippen molar-refractivity contribution in [3.8, 4) is 11.8 Å². The molecule has 0 aliphatic carbocycles. The predicted molar refractivity (Wildman–Crippen MR) is 72.0 cm³/mol. The molecule has 0 aliphatic rings. The lowest BCUT2D eigenvalue weighted by atomic mass is 10.1. The fourth-order valence-electron chi connectivity index (χ4n) is 1.48. The van der Waals surface area contributed by atoms with Crippen LogP contribution in [0.15, 0.2) is 18.2 Å². The summed E-state index contributed by atoms with van der Waals surface area (Å²) in [5.74, 6) is -1.63. The lowest BCUT2D eigenvalue weighted by Gasteiger charge is -2.20. The van der Waals surface area contributed by atoms with Crippen molar-refractivity contribution in [1.29, 1.82) is 5.26 Å². The van der Waals surface area contributed by atoms with Crippen LogP contribution in [0, 0.1) is 11.3 Å². The molecule has 0 aliphatic heterocycles. The number of carbonyl (C=O) groups is 1. The van der Waals surface area contributed by atoms with Crippen LogP contribution < -0.4 is 4.74 Å². The van der Waals surface area contributed by atoms with E-state index in [9.17, 15) is 13.2 Å². The first kappa shape index (κ1) is 16.0. The Morgan fingerprint density at radius 3 is 2.50 bits per heavy atom. The highest BCUT2D eigenvalue weighted by Gasteiger charge is 2.42. The third kappa shape index (κ3) is 2.91. The number of benzene rings is 1. The number of nitriles is 1. The van der Waals surface area contributed by atoms with Gasteiger partial charge in [0.2, 0.25) is 0 Å². The molecule has 1 aromatic rings. The first-order valence-corrected chi connectivity index (χ1v) is 7.33. The van der Waals surface area contributed by atoms with Gasteiger partial charge >= 0.3 is 5.97 Å². The van der Waals surface area contributed by atoms with Gasteiger partial charge in [-0.1, -0.05) is 0 Å². The molecule has 0 amide bonds. The number of rotatable bonds is 5. The molecule has 1 rings (SSSR count). The lowest BCUT2D eigenvalue weighted by Crippen LogP contribution is -2.41. The van der Waals surface area contributed by atoms with E-state index in [-0.39, 0.29) is 11.1 Å². The number of carboxylic acids is 1. The van der Waals surface area contributed by atoms with Crippen molar-refractivity contribution >= 4 is 15.8 Å². The maximum absolute atomic E-state index is 12.2. The molecule has 6 nitrogen and oxygen atoms in total. The largest absolute Gasteiger partial charge is 0.496 e. The molecule has 1 N–H and O–H groups in total. The summed E-state index contributed by atoms with van der Waals surface area (Å²) < 4.78 is 27.5. The Hall–Kier alpha value is -2.07. The average Bonchev–Trinajstić information content (AvgIpc) is 2.37. The van der Waals surface area contributed by atoms with Gasteiger partial charge in [-0.05, 0) is 32.0 Å². The predicted octanol–water partition coefficient (Wildman–Crippen LogP) is 1.34. The van der Waals surface area contributed by atoms with E-state index in [0.717, 1.165) is 13.8 Å². The molecule has 0 fully saturated rings. The Balaban J connectivity index is 3.29. The SMILES string of the molecule is COc1ccc(C#N)cc1CS(=O)(=O)C(C)(C)C(=O)O. The van der Waals surface area contributed by atoms with Crippen LogP contribution in [-0.2, 0) is 20.4 Å². The van der Waals surface area contributed by atoms with Crippen LogP contribution in [0.3, 0.4) is 0 Å². The van der Waals surface area contributed by atoms with Gasteiger partial charge in [-0.2, -0.15) is 5.26 Å². The van der Waals surface area contributed by atoms with Gasteiger partial charge < -0.3 is 9.84 Å². The summed E-state index contributed by atoms with van der Waals surface area (Å²) in [4.78, 5) is 11.1. The fourth-order valence-corrected chi connectivity index (χ4v) is 2.74. The quantitative estimate of drug-likeness (QED) is 0.879. The molecule has 108 valence electrons. The summed E-state index contributed by atoms with van der Waals surface area (Å²) >= 11 is 0. The molecule has 0 atom stereocenters. The van der Waals surface area contributed by atoms with Crippen LogP contribution >= 0.6 is 0 Å². The summed E-state index contributed by atoms with van der Waals surface area (Å²) in [6, 6.07) is 6.26. The molecule has 0 bridgehead atoms. The van der Waals surface area contributed by atoms with Crippen LogP contribution in [0.5, 0.6) is 5.75 Å². The van der Waals surface area contributed by atoms with Gasteiger partial charge in [0.25, 0.3) is 0 Å². The molecule has 0 heterocycles. The van der Waals surface area contributed by atoms with E-state index in [1.807, 2.05) is 6.07 Å². The number of nitrogens with zero attached hydrogens (tertiary/aromatic N) is 1. The first-order valence-electron chi connectivity index (χ1n) is 5.68. The van der Waals surface area contributed by atoms with Crippen LogP contribution in [0.1, 0.15) is 25.0 Å². The Labute approximate surface area is 117 Å². The van der Waals surface area contributed by atoms with Gasteiger partial charge in [-0.25, -0.2) is 8.42 Å². The second kappa shape index (κ2) is 5.51. The Bertz CT molecular complexity index is 670. The monoisotopic (exact) mass is 297 g/mol. The maximum atomic E-state index is 12.2. The zero-order valence-electron chi connectivity index (χ0n) is 11.4. The number of hydrogen-bond donors (Lipinski definition) is 1. The summed E-state index contributed by atoms with van der Waals surface area (Å²) in [6.07, 6.45) is 0. The van der Waals surface area contributed by atoms with Crippen LogP contribution in [-0.4, -0.2) is 31.4 Å². The topological polar surface area (TPSA) is 104 Å². The fraction of sp³-hybridized carbons (Fsp3) is 0.385. The van der Waals surface area contributed by atoms with E-state index in [1.54, 1.807) is 0 Å². The van der Waals surface area contributed by atoms with Crippen molar-refractivity contribution in [2.75, 3.05) is 7.11 Å². The van der Waals surface area contributed by atoms with E-state index in [1.165, 1.54) is 25.3 Å². The van der Waals surface area contributed by atoms with Crippen molar-refractivity contribution in [2.45, 2.75) is 24.3 Å². The van der Waals surface area contributed by atoms with Crippen LogP contribution in [0.2, 0.25) is 0 Å². The van der Waals surface area contributed by atoms with Crippen molar-refractivity contribution in [2.24, 2.45) is 0 Å². The van der Waals surface area contributed by atoms with E-state index < -0.39 is 26.3 Å². The highest BCUT2D eigenvalue weighted by molar-refractivity contribution is 7.92. The molecule has 0 aromatic heterocycles. The van der Waals surface area contributed by atoms with E-state index in [4.69, 9.17) is 15.1 Å². The summed E-state index contributed by atoms with van der Waals surface area (Å²) in [5.41, 5.74) is 0.546. The lowest BCUT2D eigenvalue weighted by molar-refractivity contribution is -0.139. The maximum Gasteiger partial charge on any atom is 0.324 e. The Morgan fingerprint density at radius 1 is 1.45 bits per heavy atom. The van der Waals surface area contributed by atoms with Crippen LogP contribution in [0.4, 0.5) is 0 Å². The zero-order chi connectivity index (χ0) is 15.6. The smallest absolute Gasteiger partial charge is 0.324 e. The molecule has 0 saturated heterocycles. The standard InChI is InChI=1S/C13H15NO5S/c1-13(2,12(15)16)20(17,18)8-10-6-9(7-14)4-5-11(10)19-3/h4-6H,8H2,1-3H3,(H,15,16). The van der Waals surface area contributed by atoms with Gasteiger partial charge in [0.1, 0.15) is 5.75 Å². The Kier molecular flexibility index (Phi) is 4.40. The van der Waals surface area contributed by atoms with E-state index >= 15 is 0 Å². The number of hydrogen-bond acceptors (Lipinski definition) is 5.